The Hall–Kier alpha value is -2.13. The summed E-state index contributed by atoms with van der Waals surface area (Å²) in [7, 11) is 0. The van der Waals surface area contributed by atoms with Gasteiger partial charge in [-0.05, 0) is 55.5 Å². The molecule has 0 radical (unpaired) electrons. The molecule has 2 aromatic rings. The molecule has 2 aromatic carbocycles. The number of unbranched alkanes of at least 4 members (excludes halogenated alkanes) is 1. The van der Waals surface area contributed by atoms with Crippen LogP contribution in [0.1, 0.15) is 31.7 Å². The molecule has 22 heavy (non-hydrogen) atoms. The largest absolute Gasteiger partial charge is 0.508 e. The molecule has 0 saturated heterocycles. The lowest BCUT2D eigenvalue weighted by Gasteiger charge is -2.05. The van der Waals surface area contributed by atoms with Gasteiger partial charge >= 0.3 is 0 Å². The molecule has 2 N–H and O–H groups in total. The zero-order valence-corrected chi connectivity index (χ0v) is 12.7. The molecule has 0 bridgehead atoms. The standard InChI is InChI=1S/C19H21FO2/c1-14(21)5-3-2-4-6-15-7-12-18(19(20)13-15)16-8-10-17(22)11-9-16/h4,6-14,21-22H,2-3,5H2,1H3/b6-4+. The third-order valence-corrected chi connectivity index (χ3v) is 3.47. The number of phenolic OH excluding ortho intramolecular Hbond substituents is 1. The molecule has 0 aliphatic rings. The van der Waals surface area contributed by atoms with Crippen LogP contribution in [0, 0.1) is 5.82 Å². The molecule has 3 heteroatoms. The van der Waals surface area contributed by atoms with E-state index < -0.39 is 0 Å². The Balaban J connectivity index is 2.03. The molecular formula is C19H21FO2. The quantitative estimate of drug-likeness (QED) is 0.755. The summed E-state index contributed by atoms with van der Waals surface area (Å²) in [6.45, 7) is 1.78. The van der Waals surface area contributed by atoms with Gasteiger partial charge in [0.2, 0.25) is 0 Å². The SMILES string of the molecule is CC(O)CCC/C=C/c1ccc(-c2ccc(O)cc2)c(F)c1. The zero-order chi connectivity index (χ0) is 15.9. The first kappa shape index (κ1) is 16.2. The predicted octanol–water partition coefficient (Wildman–Crippen LogP) is 4.76. The monoisotopic (exact) mass is 300 g/mol. The number of hydrogen-bond acceptors (Lipinski definition) is 2. The van der Waals surface area contributed by atoms with E-state index in [-0.39, 0.29) is 17.7 Å². The number of aliphatic hydroxyl groups is 1. The van der Waals surface area contributed by atoms with E-state index in [4.69, 9.17) is 0 Å². The van der Waals surface area contributed by atoms with Crippen molar-refractivity contribution in [3.8, 4) is 16.9 Å². The molecule has 116 valence electrons. The Bertz CT molecular complexity index is 630. The van der Waals surface area contributed by atoms with Crippen molar-refractivity contribution in [2.24, 2.45) is 0 Å². The molecule has 0 saturated carbocycles. The maximum absolute atomic E-state index is 14.2. The van der Waals surface area contributed by atoms with Crippen molar-refractivity contribution in [1.82, 2.24) is 0 Å². The zero-order valence-electron chi connectivity index (χ0n) is 12.7. The van der Waals surface area contributed by atoms with Crippen LogP contribution in [0.4, 0.5) is 4.39 Å². The lowest BCUT2D eigenvalue weighted by molar-refractivity contribution is 0.182. The van der Waals surface area contributed by atoms with E-state index in [9.17, 15) is 14.6 Å². The van der Waals surface area contributed by atoms with E-state index in [0.29, 0.717) is 5.56 Å². The van der Waals surface area contributed by atoms with Gasteiger partial charge in [-0.1, -0.05) is 36.4 Å². The van der Waals surface area contributed by atoms with Gasteiger partial charge in [-0.25, -0.2) is 4.39 Å². The van der Waals surface area contributed by atoms with Gasteiger partial charge < -0.3 is 10.2 Å². The van der Waals surface area contributed by atoms with Gasteiger partial charge in [-0.15, -0.1) is 0 Å². The molecule has 0 fully saturated rings. The van der Waals surface area contributed by atoms with Crippen molar-refractivity contribution >= 4 is 6.08 Å². The van der Waals surface area contributed by atoms with E-state index in [1.54, 1.807) is 37.3 Å². The number of phenols is 1. The third kappa shape index (κ3) is 4.71. The number of aliphatic hydroxyl groups excluding tert-OH is 1. The normalized spacial score (nSPS) is 12.7. The summed E-state index contributed by atoms with van der Waals surface area (Å²) in [4.78, 5) is 0. The highest BCUT2D eigenvalue weighted by Crippen LogP contribution is 2.25. The van der Waals surface area contributed by atoms with Gasteiger partial charge in [-0.2, -0.15) is 0 Å². The Morgan fingerprint density at radius 1 is 1.14 bits per heavy atom. The molecule has 2 nitrogen and oxygen atoms in total. The van der Waals surface area contributed by atoms with E-state index in [1.165, 1.54) is 6.07 Å². The van der Waals surface area contributed by atoms with Gasteiger partial charge in [0.15, 0.2) is 0 Å². The van der Waals surface area contributed by atoms with Crippen LogP contribution in [0.3, 0.4) is 0 Å². The van der Waals surface area contributed by atoms with Gasteiger partial charge in [0.25, 0.3) is 0 Å². The summed E-state index contributed by atoms with van der Waals surface area (Å²) >= 11 is 0. The van der Waals surface area contributed by atoms with E-state index >= 15 is 0 Å². The number of halogens is 1. The van der Waals surface area contributed by atoms with Crippen LogP contribution in [-0.2, 0) is 0 Å². The summed E-state index contributed by atoms with van der Waals surface area (Å²) in [6, 6.07) is 11.6. The van der Waals surface area contributed by atoms with Gasteiger partial charge in [-0.3, -0.25) is 0 Å². The van der Waals surface area contributed by atoms with Gasteiger partial charge in [0, 0.05) is 5.56 Å². The first-order chi connectivity index (χ1) is 10.6. The van der Waals surface area contributed by atoms with Crippen molar-refractivity contribution in [3.05, 3.63) is 59.9 Å². The second kappa shape index (κ2) is 7.76. The summed E-state index contributed by atoms with van der Waals surface area (Å²) < 4.78 is 14.2. The number of hydrogen-bond donors (Lipinski definition) is 2. The summed E-state index contributed by atoms with van der Waals surface area (Å²) in [5.74, 6) is -0.113. The molecule has 0 aliphatic carbocycles. The van der Waals surface area contributed by atoms with Crippen molar-refractivity contribution in [1.29, 1.82) is 0 Å². The Morgan fingerprint density at radius 2 is 1.86 bits per heavy atom. The number of allylic oxidation sites excluding steroid dienone is 1. The smallest absolute Gasteiger partial charge is 0.131 e. The van der Waals surface area contributed by atoms with Crippen molar-refractivity contribution in [2.75, 3.05) is 0 Å². The molecule has 0 aliphatic heterocycles. The molecule has 2 rings (SSSR count). The van der Waals surface area contributed by atoms with Crippen LogP contribution < -0.4 is 0 Å². The first-order valence-corrected chi connectivity index (χ1v) is 7.50. The first-order valence-electron chi connectivity index (χ1n) is 7.50. The van der Waals surface area contributed by atoms with E-state index in [2.05, 4.69) is 0 Å². The average Bonchev–Trinajstić information content (AvgIpc) is 2.48. The molecule has 0 spiro atoms. The number of aromatic hydroxyl groups is 1. The predicted molar refractivity (Wildman–Crippen MR) is 88.1 cm³/mol. The van der Waals surface area contributed by atoms with Crippen LogP contribution >= 0.6 is 0 Å². The van der Waals surface area contributed by atoms with Crippen molar-refractivity contribution in [2.45, 2.75) is 32.3 Å². The number of benzene rings is 2. The minimum atomic E-state index is -0.281. The molecule has 0 heterocycles. The van der Waals surface area contributed by atoms with Crippen LogP contribution in [0.15, 0.2) is 48.5 Å². The maximum Gasteiger partial charge on any atom is 0.131 e. The van der Waals surface area contributed by atoms with E-state index in [0.717, 1.165) is 30.4 Å². The molecular weight excluding hydrogens is 279 g/mol. The fraction of sp³-hybridized carbons (Fsp3) is 0.263. The van der Waals surface area contributed by atoms with Crippen LogP contribution in [0.25, 0.3) is 17.2 Å². The highest BCUT2D eigenvalue weighted by atomic mass is 19.1. The van der Waals surface area contributed by atoms with Crippen molar-refractivity contribution in [3.63, 3.8) is 0 Å². The average molecular weight is 300 g/mol. The fourth-order valence-corrected chi connectivity index (χ4v) is 2.26. The highest BCUT2D eigenvalue weighted by molar-refractivity contribution is 5.67. The number of rotatable bonds is 6. The van der Waals surface area contributed by atoms with Crippen LogP contribution in [-0.4, -0.2) is 16.3 Å². The summed E-state index contributed by atoms with van der Waals surface area (Å²) in [5.41, 5.74) is 2.08. The Kier molecular flexibility index (Phi) is 5.73. The topological polar surface area (TPSA) is 40.5 Å². The van der Waals surface area contributed by atoms with E-state index in [1.807, 2.05) is 18.2 Å². The lowest BCUT2D eigenvalue weighted by Crippen LogP contribution is -1.97. The summed E-state index contributed by atoms with van der Waals surface area (Å²) in [6.07, 6.45) is 6.19. The summed E-state index contributed by atoms with van der Waals surface area (Å²) in [5, 5.41) is 18.4. The maximum atomic E-state index is 14.2. The Morgan fingerprint density at radius 3 is 2.50 bits per heavy atom. The third-order valence-electron chi connectivity index (χ3n) is 3.47. The molecule has 0 amide bonds. The second-order valence-corrected chi connectivity index (χ2v) is 5.47. The minimum absolute atomic E-state index is 0.168. The lowest BCUT2D eigenvalue weighted by atomic mass is 10.0. The molecule has 0 aromatic heterocycles. The molecule has 1 unspecified atom stereocenters. The van der Waals surface area contributed by atoms with Gasteiger partial charge in [0.1, 0.15) is 11.6 Å². The molecule has 1 atom stereocenters. The van der Waals surface area contributed by atoms with Crippen molar-refractivity contribution < 1.29 is 14.6 Å². The van der Waals surface area contributed by atoms with Crippen LogP contribution in [0.5, 0.6) is 5.75 Å². The Labute approximate surface area is 130 Å². The highest BCUT2D eigenvalue weighted by Gasteiger charge is 2.05. The van der Waals surface area contributed by atoms with Gasteiger partial charge in [0.05, 0.1) is 6.10 Å². The fourth-order valence-electron chi connectivity index (χ4n) is 2.26. The van der Waals surface area contributed by atoms with Crippen LogP contribution in [0.2, 0.25) is 0 Å². The minimum Gasteiger partial charge on any atom is -0.508 e. The second-order valence-electron chi connectivity index (χ2n) is 5.47.